The molecule has 0 spiro atoms. The van der Waals surface area contributed by atoms with Crippen molar-refractivity contribution in [3.05, 3.63) is 100 Å². The molecule has 5 rings (SSSR count). The van der Waals surface area contributed by atoms with E-state index in [1.807, 2.05) is 91.2 Å². The van der Waals surface area contributed by atoms with Crippen LogP contribution < -0.4 is 10.1 Å². The Kier molecular flexibility index (Phi) is 7.34. The highest BCUT2D eigenvalue weighted by molar-refractivity contribution is 7.98. The van der Waals surface area contributed by atoms with Gasteiger partial charge in [-0.2, -0.15) is 0 Å². The Morgan fingerprint density at radius 1 is 1.00 bits per heavy atom. The topological polar surface area (TPSA) is 81.9 Å². The number of carbonyl (C=O) groups is 1. The van der Waals surface area contributed by atoms with Gasteiger partial charge in [0.15, 0.2) is 11.0 Å². The molecular weight excluding hydrogens is 502 g/mol. The van der Waals surface area contributed by atoms with Crippen molar-refractivity contribution in [1.82, 2.24) is 19.7 Å². The van der Waals surface area contributed by atoms with Crippen LogP contribution in [0.25, 0.3) is 17.1 Å². The van der Waals surface area contributed by atoms with Gasteiger partial charge in [0.05, 0.1) is 12.9 Å². The molecule has 0 atom stereocenters. The fourth-order valence-electron chi connectivity index (χ4n) is 3.74. The molecule has 0 fully saturated rings. The molecular formula is C28H25N5O2S2. The minimum Gasteiger partial charge on any atom is -0.497 e. The maximum atomic E-state index is 12.7. The van der Waals surface area contributed by atoms with Gasteiger partial charge in [0.1, 0.15) is 16.5 Å². The summed E-state index contributed by atoms with van der Waals surface area (Å²) < 4.78 is 7.43. The summed E-state index contributed by atoms with van der Waals surface area (Å²) >= 11 is 2.98. The number of benzene rings is 3. The first kappa shape index (κ1) is 24.7. The summed E-state index contributed by atoms with van der Waals surface area (Å²) in [5, 5.41) is 15.3. The largest absolute Gasteiger partial charge is 0.497 e. The molecule has 0 aliphatic heterocycles. The van der Waals surface area contributed by atoms with Crippen molar-refractivity contribution in [1.29, 1.82) is 0 Å². The predicted octanol–water partition coefficient (Wildman–Crippen LogP) is 6.56. The number of thioether (sulfide) groups is 1. The van der Waals surface area contributed by atoms with Gasteiger partial charge in [-0.15, -0.1) is 21.5 Å². The minimum absolute atomic E-state index is 0.219. The summed E-state index contributed by atoms with van der Waals surface area (Å²) in [6, 6.07) is 23.6. The quantitative estimate of drug-likeness (QED) is 0.230. The second-order valence-electron chi connectivity index (χ2n) is 8.38. The van der Waals surface area contributed by atoms with Gasteiger partial charge in [-0.1, -0.05) is 48.2 Å². The second kappa shape index (κ2) is 11.0. The molecule has 37 heavy (non-hydrogen) atoms. The molecule has 0 saturated carbocycles. The fourth-order valence-corrected chi connectivity index (χ4v) is 5.49. The molecule has 0 radical (unpaired) electrons. The van der Waals surface area contributed by atoms with Crippen molar-refractivity contribution < 1.29 is 9.53 Å². The lowest BCUT2D eigenvalue weighted by molar-refractivity contribution is 0.102. The molecule has 2 aromatic heterocycles. The van der Waals surface area contributed by atoms with Crippen molar-refractivity contribution in [2.24, 2.45) is 0 Å². The van der Waals surface area contributed by atoms with Crippen molar-refractivity contribution in [3.63, 3.8) is 0 Å². The fraction of sp³-hybridized carbons (Fsp3) is 0.143. The summed E-state index contributed by atoms with van der Waals surface area (Å²) in [5.74, 6) is 1.82. The van der Waals surface area contributed by atoms with E-state index in [0.717, 1.165) is 44.2 Å². The molecule has 1 amide bonds. The van der Waals surface area contributed by atoms with Crippen LogP contribution >= 0.6 is 23.1 Å². The van der Waals surface area contributed by atoms with Crippen molar-refractivity contribution in [3.8, 4) is 22.8 Å². The molecule has 0 bridgehead atoms. The first-order valence-corrected chi connectivity index (χ1v) is 13.5. The van der Waals surface area contributed by atoms with Gasteiger partial charge in [-0.05, 0) is 61.4 Å². The summed E-state index contributed by atoms with van der Waals surface area (Å²) in [6.45, 7) is 4.07. The molecule has 0 aliphatic rings. The van der Waals surface area contributed by atoms with Gasteiger partial charge in [0.2, 0.25) is 0 Å². The molecule has 2 heterocycles. The number of aryl methyl sites for hydroxylation is 2. The van der Waals surface area contributed by atoms with Crippen molar-refractivity contribution in [2.75, 3.05) is 12.4 Å². The van der Waals surface area contributed by atoms with Crippen LogP contribution in [0.1, 0.15) is 26.6 Å². The average molecular weight is 528 g/mol. The smallest absolute Gasteiger partial charge is 0.275 e. The Morgan fingerprint density at radius 2 is 1.84 bits per heavy atom. The first-order chi connectivity index (χ1) is 18.0. The molecule has 186 valence electrons. The lowest BCUT2D eigenvalue weighted by Crippen LogP contribution is -2.12. The molecule has 7 nitrogen and oxygen atoms in total. The van der Waals surface area contributed by atoms with Crippen LogP contribution in [0, 0.1) is 13.8 Å². The monoisotopic (exact) mass is 527 g/mol. The van der Waals surface area contributed by atoms with Crippen LogP contribution in [0.15, 0.2) is 83.3 Å². The van der Waals surface area contributed by atoms with Gasteiger partial charge in [0.25, 0.3) is 5.91 Å². The van der Waals surface area contributed by atoms with Crippen LogP contribution in [0.5, 0.6) is 5.75 Å². The highest BCUT2D eigenvalue weighted by Crippen LogP contribution is 2.31. The van der Waals surface area contributed by atoms with E-state index in [-0.39, 0.29) is 5.91 Å². The third-order valence-electron chi connectivity index (χ3n) is 5.85. The highest BCUT2D eigenvalue weighted by atomic mass is 32.2. The zero-order chi connectivity index (χ0) is 25.8. The van der Waals surface area contributed by atoms with Crippen molar-refractivity contribution in [2.45, 2.75) is 24.8 Å². The zero-order valence-electron chi connectivity index (χ0n) is 20.6. The van der Waals surface area contributed by atoms with E-state index in [9.17, 15) is 4.79 Å². The van der Waals surface area contributed by atoms with E-state index in [1.165, 1.54) is 28.7 Å². The van der Waals surface area contributed by atoms with E-state index in [1.54, 1.807) is 12.5 Å². The van der Waals surface area contributed by atoms with Crippen LogP contribution in [-0.2, 0) is 5.75 Å². The van der Waals surface area contributed by atoms with E-state index < -0.39 is 0 Å². The number of nitrogens with one attached hydrogen (secondary N) is 1. The number of ether oxygens (including phenoxy) is 1. The number of anilines is 1. The molecule has 3 aromatic carbocycles. The van der Waals surface area contributed by atoms with Gasteiger partial charge < -0.3 is 10.1 Å². The van der Waals surface area contributed by atoms with Crippen LogP contribution in [0.3, 0.4) is 0 Å². The summed E-state index contributed by atoms with van der Waals surface area (Å²) in [5.41, 5.74) is 5.34. The van der Waals surface area contributed by atoms with E-state index in [2.05, 4.69) is 20.5 Å². The SMILES string of the molecule is COc1cccc(-c2nnc(SCc3nc(C(=O)Nc4ccc(C)c(C)c4)cs3)n2-c2ccccc2)c1. The maximum Gasteiger partial charge on any atom is 0.275 e. The Bertz CT molecular complexity index is 1550. The lowest BCUT2D eigenvalue weighted by Gasteiger charge is -2.10. The summed E-state index contributed by atoms with van der Waals surface area (Å²) in [7, 11) is 1.65. The molecule has 5 aromatic rings. The minimum atomic E-state index is -0.219. The predicted molar refractivity (Wildman–Crippen MR) is 149 cm³/mol. The standard InChI is InChI=1S/C28H25N5O2S2/c1-18-12-13-21(14-19(18)2)29-27(34)24-16-36-25(30-24)17-37-28-32-31-26(20-8-7-11-23(15-20)35-3)33(28)22-9-5-4-6-10-22/h4-16H,17H2,1-3H3,(H,29,34). The average Bonchev–Trinajstić information content (AvgIpc) is 3.57. The van der Waals surface area contributed by atoms with Crippen LogP contribution in [0.2, 0.25) is 0 Å². The third-order valence-corrected chi connectivity index (χ3v) is 7.82. The van der Waals surface area contributed by atoms with E-state index in [0.29, 0.717) is 11.4 Å². The number of para-hydroxylation sites is 1. The van der Waals surface area contributed by atoms with Gasteiger partial charge in [0, 0.05) is 22.3 Å². The number of carbonyl (C=O) groups excluding carboxylic acids is 1. The molecule has 0 unspecified atom stereocenters. The first-order valence-electron chi connectivity index (χ1n) is 11.6. The number of hydrogen-bond acceptors (Lipinski definition) is 7. The van der Waals surface area contributed by atoms with Gasteiger partial charge >= 0.3 is 0 Å². The highest BCUT2D eigenvalue weighted by Gasteiger charge is 2.18. The van der Waals surface area contributed by atoms with Gasteiger partial charge in [-0.25, -0.2) is 4.98 Å². The Hall–Kier alpha value is -3.95. The molecule has 9 heteroatoms. The number of nitrogens with zero attached hydrogens (tertiary/aromatic N) is 4. The van der Waals surface area contributed by atoms with Crippen LogP contribution in [0.4, 0.5) is 5.69 Å². The normalized spacial score (nSPS) is 10.9. The Labute approximate surface area is 223 Å². The molecule has 0 aliphatic carbocycles. The third kappa shape index (κ3) is 5.58. The molecule has 0 saturated heterocycles. The number of aromatic nitrogens is 4. The Morgan fingerprint density at radius 3 is 2.62 bits per heavy atom. The number of amides is 1. The summed E-state index contributed by atoms with van der Waals surface area (Å²) in [6.07, 6.45) is 0. The lowest BCUT2D eigenvalue weighted by atomic mass is 10.1. The maximum absolute atomic E-state index is 12.7. The number of methoxy groups -OCH3 is 1. The van der Waals surface area contributed by atoms with Crippen molar-refractivity contribution >= 4 is 34.7 Å². The zero-order valence-corrected chi connectivity index (χ0v) is 22.3. The van der Waals surface area contributed by atoms with Gasteiger partial charge in [-0.3, -0.25) is 9.36 Å². The summed E-state index contributed by atoms with van der Waals surface area (Å²) in [4.78, 5) is 17.3. The molecule has 1 N–H and O–H groups in total. The van der Waals surface area contributed by atoms with E-state index >= 15 is 0 Å². The Balaban J connectivity index is 1.35. The van der Waals surface area contributed by atoms with E-state index in [4.69, 9.17) is 4.74 Å². The number of hydrogen-bond donors (Lipinski definition) is 1. The van der Waals surface area contributed by atoms with Crippen LogP contribution in [-0.4, -0.2) is 32.8 Å². The number of thiazole rings is 1. The number of rotatable bonds is 8. The second-order valence-corrected chi connectivity index (χ2v) is 10.3.